The third-order valence-electron chi connectivity index (χ3n) is 4.28. The Morgan fingerprint density at radius 3 is 2.12 bits per heavy atom. The molecule has 0 aliphatic heterocycles. The summed E-state index contributed by atoms with van der Waals surface area (Å²) in [7, 11) is 0. The Bertz CT molecular complexity index is 830. The third kappa shape index (κ3) is 9.40. The van der Waals surface area contributed by atoms with Gasteiger partial charge >= 0.3 is 5.97 Å². The van der Waals surface area contributed by atoms with E-state index in [1.807, 2.05) is 5.32 Å². The molecule has 10 N–H and O–H groups in total. The van der Waals surface area contributed by atoms with Crippen LogP contribution in [0.15, 0.2) is 24.3 Å². The monoisotopic (exact) mass is 453 g/mol. The van der Waals surface area contributed by atoms with Gasteiger partial charge in [-0.05, 0) is 30.5 Å². The fraction of sp³-hybridized carbons (Fsp3) is 0.421. The van der Waals surface area contributed by atoms with Crippen molar-refractivity contribution in [3.63, 3.8) is 0 Å². The molecule has 1 aromatic carbocycles. The molecule has 13 heteroatoms. The Morgan fingerprint density at radius 2 is 1.59 bits per heavy atom. The van der Waals surface area contributed by atoms with E-state index in [9.17, 15) is 29.1 Å². The number of rotatable bonds is 13. The summed E-state index contributed by atoms with van der Waals surface area (Å²) in [6.07, 6.45) is -0.354. The first kappa shape index (κ1) is 26.3. The zero-order chi connectivity index (χ0) is 24.3. The number of hydrogen-bond donors (Lipinski definition) is 8. The van der Waals surface area contributed by atoms with Crippen LogP contribution in [0.2, 0.25) is 0 Å². The number of carboxylic acids is 1. The second-order valence-electron chi connectivity index (χ2n) is 6.90. The van der Waals surface area contributed by atoms with Gasteiger partial charge < -0.3 is 42.7 Å². The normalized spacial score (nSPS) is 13.3. The van der Waals surface area contributed by atoms with Crippen LogP contribution >= 0.6 is 0 Å². The van der Waals surface area contributed by atoms with Gasteiger partial charge in [-0.15, -0.1) is 0 Å². The Kier molecular flexibility index (Phi) is 10.6. The highest BCUT2D eigenvalue weighted by Gasteiger charge is 2.26. The van der Waals surface area contributed by atoms with Gasteiger partial charge in [0, 0.05) is 6.42 Å². The second kappa shape index (κ2) is 12.9. The number of aliphatic hydroxyl groups excluding tert-OH is 1. The van der Waals surface area contributed by atoms with E-state index >= 15 is 0 Å². The standard InChI is InChI=1S/C19H27N5O8/c20-12(7-10-1-3-11(26)4-2-10)17(29)22-8-16(28)23-13(5-6-15(21)27)18(30)24-14(9-25)19(31)32/h1-4,12-14,25-26H,5-9,20H2,(H2,21,27)(H,22,29)(H,23,28)(H,24,30)(H,31,32). The predicted molar refractivity (Wildman–Crippen MR) is 110 cm³/mol. The van der Waals surface area contributed by atoms with Gasteiger partial charge in [0.2, 0.25) is 23.6 Å². The Labute approximate surface area is 183 Å². The summed E-state index contributed by atoms with van der Waals surface area (Å²) in [6, 6.07) is 2.15. The molecule has 0 saturated carbocycles. The summed E-state index contributed by atoms with van der Waals surface area (Å²) in [6.45, 7) is -1.42. The van der Waals surface area contributed by atoms with Crippen molar-refractivity contribution in [2.75, 3.05) is 13.2 Å². The number of carbonyl (C=O) groups is 5. The molecule has 32 heavy (non-hydrogen) atoms. The number of carbonyl (C=O) groups excluding carboxylic acids is 4. The number of nitrogens with two attached hydrogens (primary N) is 2. The highest BCUT2D eigenvalue weighted by Crippen LogP contribution is 2.10. The molecule has 0 heterocycles. The van der Waals surface area contributed by atoms with E-state index in [4.69, 9.17) is 21.7 Å². The SMILES string of the molecule is NC(=O)CCC(NC(=O)CNC(=O)C(N)Cc1ccc(O)cc1)C(=O)NC(CO)C(=O)O. The first-order valence-corrected chi connectivity index (χ1v) is 9.56. The van der Waals surface area contributed by atoms with Gasteiger partial charge in [-0.1, -0.05) is 12.1 Å². The van der Waals surface area contributed by atoms with Crippen molar-refractivity contribution in [1.29, 1.82) is 0 Å². The average molecular weight is 453 g/mol. The van der Waals surface area contributed by atoms with Crippen molar-refractivity contribution in [3.05, 3.63) is 29.8 Å². The molecular weight excluding hydrogens is 426 g/mol. The minimum Gasteiger partial charge on any atom is -0.508 e. The van der Waals surface area contributed by atoms with Crippen molar-refractivity contribution >= 4 is 29.6 Å². The summed E-state index contributed by atoms with van der Waals surface area (Å²) >= 11 is 0. The molecule has 176 valence electrons. The van der Waals surface area contributed by atoms with E-state index in [1.54, 1.807) is 12.1 Å². The molecule has 3 atom stereocenters. The molecule has 0 saturated heterocycles. The maximum absolute atomic E-state index is 12.3. The third-order valence-corrected chi connectivity index (χ3v) is 4.28. The van der Waals surface area contributed by atoms with Gasteiger partial charge in [0.05, 0.1) is 19.2 Å². The van der Waals surface area contributed by atoms with Crippen molar-refractivity contribution in [1.82, 2.24) is 16.0 Å². The number of hydrogen-bond acceptors (Lipinski definition) is 8. The molecule has 1 rings (SSSR count). The molecule has 1 aromatic rings. The zero-order valence-electron chi connectivity index (χ0n) is 17.1. The fourth-order valence-electron chi connectivity index (χ4n) is 2.54. The van der Waals surface area contributed by atoms with E-state index < -0.39 is 60.9 Å². The molecule has 0 radical (unpaired) electrons. The highest BCUT2D eigenvalue weighted by atomic mass is 16.4. The van der Waals surface area contributed by atoms with Crippen LogP contribution in [-0.2, 0) is 30.4 Å². The van der Waals surface area contributed by atoms with Gasteiger partial charge in [0.15, 0.2) is 0 Å². The van der Waals surface area contributed by atoms with Crippen molar-refractivity contribution in [3.8, 4) is 5.75 Å². The molecule has 0 aliphatic rings. The lowest BCUT2D eigenvalue weighted by molar-refractivity contribution is -0.143. The quantitative estimate of drug-likeness (QED) is 0.149. The Morgan fingerprint density at radius 1 is 0.969 bits per heavy atom. The van der Waals surface area contributed by atoms with Crippen LogP contribution in [0, 0.1) is 0 Å². The minimum atomic E-state index is -1.60. The number of phenolic OH excluding ortho intramolecular Hbond substituents is 1. The smallest absolute Gasteiger partial charge is 0.328 e. The summed E-state index contributed by atoms with van der Waals surface area (Å²) in [5.41, 5.74) is 11.5. The summed E-state index contributed by atoms with van der Waals surface area (Å²) in [5, 5.41) is 33.8. The lowest BCUT2D eigenvalue weighted by Gasteiger charge is -2.20. The maximum Gasteiger partial charge on any atom is 0.328 e. The molecule has 0 fully saturated rings. The Balaban J connectivity index is 2.63. The number of aliphatic hydroxyl groups is 1. The van der Waals surface area contributed by atoms with Crippen molar-refractivity contribution in [2.24, 2.45) is 11.5 Å². The molecule has 0 aliphatic carbocycles. The van der Waals surface area contributed by atoms with Gasteiger partial charge in [-0.2, -0.15) is 0 Å². The average Bonchev–Trinajstić information content (AvgIpc) is 2.74. The summed E-state index contributed by atoms with van der Waals surface area (Å²) in [5.74, 6) is -4.56. The predicted octanol–water partition coefficient (Wildman–Crippen LogP) is -3.31. The van der Waals surface area contributed by atoms with Gasteiger partial charge in [-0.3, -0.25) is 19.2 Å². The van der Waals surface area contributed by atoms with E-state index in [0.717, 1.165) is 0 Å². The van der Waals surface area contributed by atoms with Crippen LogP contribution in [0.1, 0.15) is 18.4 Å². The van der Waals surface area contributed by atoms with Gasteiger partial charge in [-0.25, -0.2) is 4.79 Å². The topological polar surface area (TPSA) is 234 Å². The minimum absolute atomic E-state index is 0.0621. The van der Waals surface area contributed by atoms with Crippen LogP contribution < -0.4 is 27.4 Å². The first-order valence-electron chi connectivity index (χ1n) is 9.56. The van der Waals surface area contributed by atoms with Crippen LogP contribution in [0.25, 0.3) is 0 Å². The van der Waals surface area contributed by atoms with E-state index in [0.29, 0.717) is 5.56 Å². The van der Waals surface area contributed by atoms with E-state index in [-0.39, 0.29) is 25.0 Å². The van der Waals surface area contributed by atoms with E-state index in [1.165, 1.54) is 12.1 Å². The number of primary amides is 1. The second-order valence-corrected chi connectivity index (χ2v) is 6.90. The molecule has 0 spiro atoms. The molecule has 3 unspecified atom stereocenters. The van der Waals surface area contributed by atoms with Crippen LogP contribution in [0.3, 0.4) is 0 Å². The molecule has 0 bridgehead atoms. The van der Waals surface area contributed by atoms with Gasteiger partial charge in [0.25, 0.3) is 0 Å². The molecule has 13 nitrogen and oxygen atoms in total. The lowest BCUT2D eigenvalue weighted by atomic mass is 10.1. The number of amides is 4. The highest BCUT2D eigenvalue weighted by molar-refractivity contribution is 5.92. The largest absolute Gasteiger partial charge is 0.508 e. The van der Waals surface area contributed by atoms with Crippen molar-refractivity contribution in [2.45, 2.75) is 37.4 Å². The van der Waals surface area contributed by atoms with E-state index in [2.05, 4.69) is 10.6 Å². The van der Waals surface area contributed by atoms with Crippen LogP contribution in [-0.4, -0.2) is 76.2 Å². The number of benzene rings is 1. The lowest BCUT2D eigenvalue weighted by Crippen LogP contribution is -2.54. The maximum atomic E-state index is 12.3. The summed E-state index contributed by atoms with van der Waals surface area (Å²) in [4.78, 5) is 58.5. The summed E-state index contributed by atoms with van der Waals surface area (Å²) < 4.78 is 0. The first-order chi connectivity index (χ1) is 15.0. The molecule has 4 amide bonds. The zero-order valence-corrected chi connectivity index (χ0v) is 17.1. The number of aromatic hydroxyl groups is 1. The number of phenols is 1. The van der Waals surface area contributed by atoms with Crippen LogP contribution in [0.5, 0.6) is 5.75 Å². The van der Waals surface area contributed by atoms with Crippen molar-refractivity contribution < 1.29 is 39.3 Å². The van der Waals surface area contributed by atoms with Gasteiger partial charge in [0.1, 0.15) is 17.8 Å². The Hall–Kier alpha value is -3.71. The number of nitrogens with one attached hydrogen (secondary N) is 3. The molecule has 0 aromatic heterocycles. The number of aliphatic carboxylic acids is 1. The van der Waals surface area contributed by atoms with Crippen LogP contribution in [0.4, 0.5) is 0 Å². The molecular formula is C19H27N5O8. The number of carboxylic acid groups (broad SMARTS) is 1. The fourth-order valence-corrected chi connectivity index (χ4v) is 2.54.